The van der Waals surface area contributed by atoms with Gasteiger partial charge in [-0.05, 0) is 30.9 Å². The Morgan fingerprint density at radius 1 is 1.30 bits per heavy atom. The molecule has 1 heterocycles. The van der Waals surface area contributed by atoms with Crippen molar-refractivity contribution < 1.29 is 4.79 Å². The van der Waals surface area contributed by atoms with Crippen LogP contribution in [0.15, 0.2) is 53.9 Å². The molecule has 1 aromatic carbocycles. The monoisotopic (exact) mass is 307 g/mol. The number of benzene rings is 1. The van der Waals surface area contributed by atoms with Crippen LogP contribution in [0.5, 0.6) is 0 Å². The second-order valence-electron chi connectivity index (χ2n) is 5.46. The number of hydrogen-bond donors (Lipinski definition) is 0. The van der Waals surface area contributed by atoms with Crippen LogP contribution in [0, 0.1) is 6.92 Å². The van der Waals surface area contributed by atoms with E-state index >= 15 is 0 Å². The molecule has 0 amide bonds. The number of fused-ring (bicyclic) bond motifs is 1. The zero-order chi connectivity index (χ0) is 17.0. The van der Waals surface area contributed by atoms with Gasteiger partial charge in [0.2, 0.25) is 0 Å². The molecule has 0 unspecified atom stereocenters. The van der Waals surface area contributed by atoms with Crippen molar-refractivity contribution in [3.05, 3.63) is 76.3 Å². The molecule has 118 valence electrons. The van der Waals surface area contributed by atoms with E-state index in [-0.39, 0.29) is 12.0 Å². The smallest absolute Gasteiger partial charge is 0.258 e. The lowest BCUT2D eigenvalue weighted by atomic mass is 9.94. The summed E-state index contributed by atoms with van der Waals surface area (Å²) in [5, 5.41) is 1.53. The molecule has 23 heavy (non-hydrogen) atoms. The van der Waals surface area contributed by atoms with Crippen molar-refractivity contribution in [1.82, 2.24) is 4.57 Å². The maximum atomic E-state index is 12.7. The fourth-order valence-corrected chi connectivity index (χ4v) is 2.85. The van der Waals surface area contributed by atoms with Crippen molar-refractivity contribution in [2.45, 2.75) is 20.3 Å². The Bertz CT molecular complexity index is 883. The van der Waals surface area contributed by atoms with Gasteiger partial charge in [0.25, 0.3) is 5.56 Å². The number of aldehydes is 1. The van der Waals surface area contributed by atoms with Gasteiger partial charge in [0, 0.05) is 30.1 Å². The summed E-state index contributed by atoms with van der Waals surface area (Å²) in [5.74, 6) is 0. The first-order valence-corrected chi connectivity index (χ1v) is 7.56. The summed E-state index contributed by atoms with van der Waals surface area (Å²) in [6.07, 6.45) is 8.54. The van der Waals surface area contributed by atoms with Crippen LogP contribution in [-0.4, -0.2) is 10.9 Å². The lowest BCUT2D eigenvalue weighted by molar-refractivity contribution is -0.107. The zero-order valence-electron chi connectivity index (χ0n) is 13.8. The first kappa shape index (κ1) is 16.7. The van der Waals surface area contributed by atoms with Crippen molar-refractivity contribution >= 4 is 22.6 Å². The molecule has 0 N–H and O–H groups in total. The molecule has 0 aliphatic rings. The first-order valence-electron chi connectivity index (χ1n) is 7.56. The minimum Gasteiger partial charge on any atom is -0.314 e. The molecule has 0 aliphatic carbocycles. The SMILES string of the molecule is C=C/C=C(\C=C/C)c1c(CC=O)n(C)c(=O)c2cc(C)ccc12. The van der Waals surface area contributed by atoms with Gasteiger partial charge in [-0.15, -0.1) is 0 Å². The summed E-state index contributed by atoms with van der Waals surface area (Å²) < 4.78 is 1.58. The van der Waals surface area contributed by atoms with E-state index in [1.807, 2.05) is 50.3 Å². The van der Waals surface area contributed by atoms with E-state index in [2.05, 4.69) is 6.58 Å². The predicted molar refractivity (Wildman–Crippen MR) is 96.7 cm³/mol. The van der Waals surface area contributed by atoms with Gasteiger partial charge in [-0.1, -0.05) is 48.6 Å². The van der Waals surface area contributed by atoms with Crippen molar-refractivity contribution in [2.75, 3.05) is 0 Å². The summed E-state index contributed by atoms with van der Waals surface area (Å²) in [5.41, 5.74) is 3.51. The largest absolute Gasteiger partial charge is 0.314 e. The standard InChI is InChI=1S/C20H21NO2/c1-5-7-15(8-6-2)19-16-10-9-14(3)13-17(16)20(23)21(4)18(19)11-12-22/h5-10,12-13H,1,11H2,2-4H3/b8-6-,15-7+. The van der Waals surface area contributed by atoms with Crippen LogP contribution in [0.3, 0.4) is 0 Å². The fraction of sp³-hybridized carbons (Fsp3) is 0.200. The number of rotatable bonds is 5. The molecule has 0 atom stereocenters. The van der Waals surface area contributed by atoms with Crippen molar-refractivity contribution in [2.24, 2.45) is 7.05 Å². The van der Waals surface area contributed by atoms with Crippen LogP contribution < -0.4 is 5.56 Å². The molecule has 2 rings (SSSR count). The van der Waals surface area contributed by atoms with E-state index in [1.54, 1.807) is 17.7 Å². The van der Waals surface area contributed by atoms with Crippen LogP contribution in [-0.2, 0) is 18.3 Å². The van der Waals surface area contributed by atoms with Gasteiger partial charge in [0.1, 0.15) is 6.29 Å². The second kappa shape index (κ2) is 7.05. The van der Waals surface area contributed by atoms with E-state index in [0.29, 0.717) is 11.1 Å². The van der Waals surface area contributed by atoms with E-state index in [4.69, 9.17) is 0 Å². The first-order chi connectivity index (χ1) is 11.0. The normalized spacial score (nSPS) is 12.0. The van der Waals surface area contributed by atoms with Gasteiger partial charge in [-0.2, -0.15) is 0 Å². The predicted octanol–water partition coefficient (Wildman–Crippen LogP) is 3.73. The van der Waals surface area contributed by atoms with Crippen LogP contribution in [0.1, 0.15) is 23.7 Å². The summed E-state index contributed by atoms with van der Waals surface area (Å²) in [6, 6.07) is 5.83. The number of hydrogen-bond acceptors (Lipinski definition) is 2. The molecule has 0 radical (unpaired) electrons. The van der Waals surface area contributed by atoms with Gasteiger partial charge < -0.3 is 9.36 Å². The van der Waals surface area contributed by atoms with Crippen LogP contribution in [0.2, 0.25) is 0 Å². The number of nitrogens with zero attached hydrogens (tertiary/aromatic N) is 1. The summed E-state index contributed by atoms with van der Waals surface area (Å²) in [7, 11) is 1.72. The molecule has 2 aromatic rings. The van der Waals surface area contributed by atoms with E-state index in [0.717, 1.165) is 28.4 Å². The van der Waals surface area contributed by atoms with Crippen molar-refractivity contribution in [1.29, 1.82) is 0 Å². The third-order valence-electron chi connectivity index (χ3n) is 3.88. The van der Waals surface area contributed by atoms with Crippen molar-refractivity contribution in [3.63, 3.8) is 0 Å². The Balaban J connectivity index is 3.05. The van der Waals surface area contributed by atoms with E-state index < -0.39 is 0 Å². The molecule has 0 bridgehead atoms. The van der Waals surface area contributed by atoms with Crippen LogP contribution in [0.4, 0.5) is 0 Å². The lowest BCUT2D eigenvalue weighted by Crippen LogP contribution is -2.23. The van der Waals surface area contributed by atoms with Crippen LogP contribution in [0.25, 0.3) is 16.3 Å². The maximum Gasteiger partial charge on any atom is 0.258 e. The van der Waals surface area contributed by atoms with Crippen LogP contribution >= 0.6 is 0 Å². The molecule has 0 saturated carbocycles. The Kier molecular flexibility index (Phi) is 5.12. The molecule has 0 aliphatic heterocycles. The minimum absolute atomic E-state index is 0.0808. The summed E-state index contributed by atoms with van der Waals surface area (Å²) in [4.78, 5) is 23.8. The molecular weight excluding hydrogens is 286 g/mol. The molecule has 0 fully saturated rings. The molecule has 0 spiro atoms. The third-order valence-corrected chi connectivity index (χ3v) is 3.88. The highest BCUT2D eigenvalue weighted by molar-refractivity contribution is 5.97. The maximum absolute atomic E-state index is 12.7. The van der Waals surface area contributed by atoms with Gasteiger partial charge in [0.05, 0.1) is 0 Å². The quantitative estimate of drug-likeness (QED) is 0.623. The number of allylic oxidation sites excluding steroid dienone is 5. The molecule has 3 heteroatoms. The molecule has 3 nitrogen and oxygen atoms in total. The Hall–Kier alpha value is -2.68. The third kappa shape index (κ3) is 3.09. The lowest BCUT2D eigenvalue weighted by Gasteiger charge is -2.17. The highest BCUT2D eigenvalue weighted by Crippen LogP contribution is 2.28. The highest BCUT2D eigenvalue weighted by atomic mass is 16.1. The van der Waals surface area contributed by atoms with Gasteiger partial charge in [0.15, 0.2) is 0 Å². The van der Waals surface area contributed by atoms with E-state index in [9.17, 15) is 9.59 Å². The summed E-state index contributed by atoms with van der Waals surface area (Å²) in [6.45, 7) is 7.67. The average Bonchev–Trinajstić information content (AvgIpc) is 2.53. The molecule has 0 saturated heterocycles. The van der Waals surface area contributed by atoms with Crippen molar-refractivity contribution in [3.8, 4) is 0 Å². The average molecular weight is 307 g/mol. The zero-order valence-corrected chi connectivity index (χ0v) is 13.8. The number of pyridine rings is 1. The van der Waals surface area contributed by atoms with Gasteiger partial charge in [-0.25, -0.2) is 0 Å². The second-order valence-corrected chi connectivity index (χ2v) is 5.46. The molecule has 1 aromatic heterocycles. The number of carbonyl (C=O) groups is 1. The Morgan fingerprint density at radius 2 is 2.04 bits per heavy atom. The Morgan fingerprint density at radius 3 is 2.65 bits per heavy atom. The minimum atomic E-state index is -0.0808. The summed E-state index contributed by atoms with van der Waals surface area (Å²) >= 11 is 0. The number of aryl methyl sites for hydroxylation is 1. The van der Waals surface area contributed by atoms with E-state index in [1.165, 1.54) is 0 Å². The van der Waals surface area contributed by atoms with Gasteiger partial charge in [-0.3, -0.25) is 4.79 Å². The molecular formula is C20H21NO2. The topological polar surface area (TPSA) is 39.1 Å². The highest BCUT2D eigenvalue weighted by Gasteiger charge is 2.16. The Labute approximate surface area is 136 Å². The number of carbonyl (C=O) groups excluding carboxylic acids is 1. The number of aromatic nitrogens is 1. The fourth-order valence-electron chi connectivity index (χ4n) is 2.85. The van der Waals surface area contributed by atoms with Gasteiger partial charge >= 0.3 is 0 Å².